The van der Waals surface area contributed by atoms with E-state index in [4.69, 9.17) is 10.2 Å². The van der Waals surface area contributed by atoms with Crippen LogP contribution in [-0.4, -0.2) is 27.1 Å². The number of aromatic nitrogens is 1. The Kier molecular flexibility index (Phi) is 2.82. The van der Waals surface area contributed by atoms with Crippen LogP contribution in [0.2, 0.25) is 0 Å². The summed E-state index contributed by atoms with van der Waals surface area (Å²) < 4.78 is 0. The Morgan fingerprint density at radius 3 is 2.35 bits per heavy atom. The molecule has 5 nitrogen and oxygen atoms in total. The van der Waals surface area contributed by atoms with Crippen molar-refractivity contribution >= 4 is 22.8 Å². The van der Waals surface area contributed by atoms with Crippen LogP contribution in [0.1, 0.15) is 11.3 Å². The van der Waals surface area contributed by atoms with E-state index in [9.17, 15) is 9.59 Å². The van der Waals surface area contributed by atoms with Gasteiger partial charge in [-0.15, -0.1) is 0 Å². The Balaban J connectivity index is 2.56. The molecule has 1 aromatic heterocycles. The zero-order valence-corrected chi connectivity index (χ0v) is 8.93. The molecule has 88 valence electrons. The van der Waals surface area contributed by atoms with Crippen molar-refractivity contribution in [1.82, 2.24) is 4.98 Å². The number of hydrogen-bond donors (Lipinski definition) is 3. The van der Waals surface area contributed by atoms with Crippen LogP contribution < -0.4 is 0 Å². The first-order chi connectivity index (χ1) is 8.08. The predicted octanol–water partition coefficient (Wildman–Crippen LogP) is 1.42. The van der Waals surface area contributed by atoms with Gasteiger partial charge in [-0.05, 0) is 11.6 Å². The normalized spacial score (nSPS) is 10.6. The summed E-state index contributed by atoms with van der Waals surface area (Å²) in [6.07, 6.45) is -0.371. The number of para-hydroxylation sites is 1. The first kappa shape index (κ1) is 11.2. The number of hydrogen-bond acceptors (Lipinski definition) is 2. The molecule has 0 unspecified atom stereocenters. The molecule has 0 saturated heterocycles. The first-order valence-electron chi connectivity index (χ1n) is 5.10. The van der Waals surface area contributed by atoms with Crippen molar-refractivity contribution in [2.45, 2.75) is 12.8 Å². The fourth-order valence-electron chi connectivity index (χ4n) is 1.91. The average Bonchev–Trinajstić information content (AvgIpc) is 2.55. The van der Waals surface area contributed by atoms with Gasteiger partial charge in [0.2, 0.25) is 0 Å². The van der Waals surface area contributed by atoms with E-state index >= 15 is 0 Å². The second kappa shape index (κ2) is 4.29. The van der Waals surface area contributed by atoms with Gasteiger partial charge in [0, 0.05) is 16.6 Å². The van der Waals surface area contributed by atoms with Crippen molar-refractivity contribution in [2.24, 2.45) is 0 Å². The minimum absolute atomic E-state index is 0.174. The van der Waals surface area contributed by atoms with Crippen LogP contribution in [0.3, 0.4) is 0 Å². The van der Waals surface area contributed by atoms with Crippen LogP contribution >= 0.6 is 0 Å². The second-order valence-electron chi connectivity index (χ2n) is 3.77. The van der Waals surface area contributed by atoms with Gasteiger partial charge in [-0.25, -0.2) is 0 Å². The number of aliphatic carboxylic acids is 2. The van der Waals surface area contributed by atoms with Crippen LogP contribution in [0.25, 0.3) is 10.9 Å². The molecule has 1 heterocycles. The molecule has 0 fully saturated rings. The van der Waals surface area contributed by atoms with Crippen LogP contribution in [0, 0.1) is 0 Å². The van der Waals surface area contributed by atoms with E-state index < -0.39 is 11.9 Å². The minimum Gasteiger partial charge on any atom is -0.481 e. The molecule has 0 aliphatic carbocycles. The quantitative estimate of drug-likeness (QED) is 0.744. The highest BCUT2D eigenvalue weighted by Crippen LogP contribution is 2.23. The Hall–Kier alpha value is -2.30. The molecule has 0 aliphatic heterocycles. The molecule has 17 heavy (non-hydrogen) atoms. The summed E-state index contributed by atoms with van der Waals surface area (Å²) in [5, 5.41) is 18.4. The van der Waals surface area contributed by atoms with E-state index in [0.717, 1.165) is 10.9 Å². The highest BCUT2D eigenvalue weighted by Gasteiger charge is 2.15. The molecule has 2 rings (SSSR count). The Bertz CT molecular complexity index is 585. The smallest absolute Gasteiger partial charge is 0.309 e. The molecule has 0 spiro atoms. The van der Waals surface area contributed by atoms with Crippen molar-refractivity contribution in [3.8, 4) is 0 Å². The van der Waals surface area contributed by atoms with Gasteiger partial charge in [0.25, 0.3) is 0 Å². The molecule has 0 aliphatic rings. The lowest BCUT2D eigenvalue weighted by Crippen LogP contribution is -2.06. The number of H-pyrrole nitrogens is 1. The minimum atomic E-state index is -0.983. The number of carboxylic acids is 2. The van der Waals surface area contributed by atoms with Crippen LogP contribution in [0.15, 0.2) is 24.3 Å². The predicted molar refractivity (Wildman–Crippen MR) is 61.0 cm³/mol. The Morgan fingerprint density at radius 1 is 1.06 bits per heavy atom. The summed E-state index contributed by atoms with van der Waals surface area (Å²) in [7, 11) is 0. The van der Waals surface area contributed by atoms with Gasteiger partial charge in [0.15, 0.2) is 0 Å². The lowest BCUT2D eigenvalue weighted by molar-refractivity contribution is -0.137. The molecule has 3 N–H and O–H groups in total. The summed E-state index contributed by atoms with van der Waals surface area (Å²) in [6.45, 7) is 0. The van der Waals surface area contributed by atoms with E-state index in [-0.39, 0.29) is 12.8 Å². The van der Waals surface area contributed by atoms with Gasteiger partial charge in [0.05, 0.1) is 12.8 Å². The van der Waals surface area contributed by atoms with Gasteiger partial charge in [-0.1, -0.05) is 18.2 Å². The lowest BCUT2D eigenvalue weighted by atomic mass is 10.1. The highest BCUT2D eigenvalue weighted by atomic mass is 16.4. The standard InChI is InChI=1S/C12H11NO4/c14-11(15)5-8-7-3-1-2-4-9(7)13-10(8)6-12(16)17/h1-4,13H,5-6H2,(H,14,15)(H,16,17). The molecule has 0 radical (unpaired) electrons. The maximum absolute atomic E-state index is 10.8. The molecule has 5 heteroatoms. The molecule has 0 saturated carbocycles. The van der Waals surface area contributed by atoms with E-state index in [1.165, 1.54) is 0 Å². The Labute approximate surface area is 96.7 Å². The molecular weight excluding hydrogens is 222 g/mol. The SMILES string of the molecule is O=C(O)Cc1[nH]c2ccccc2c1CC(=O)O. The zero-order chi connectivity index (χ0) is 12.4. The number of aromatic amines is 1. The number of carbonyl (C=O) groups is 2. The molecule has 1 aromatic carbocycles. The summed E-state index contributed by atoms with van der Waals surface area (Å²) in [6, 6.07) is 7.20. The fraction of sp³-hybridized carbons (Fsp3) is 0.167. The first-order valence-corrected chi connectivity index (χ1v) is 5.10. The van der Waals surface area contributed by atoms with Crippen molar-refractivity contribution in [3.05, 3.63) is 35.5 Å². The van der Waals surface area contributed by atoms with Crippen LogP contribution in [0.4, 0.5) is 0 Å². The van der Waals surface area contributed by atoms with Gasteiger partial charge in [0.1, 0.15) is 0 Å². The second-order valence-corrected chi connectivity index (χ2v) is 3.77. The van der Waals surface area contributed by atoms with Crippen molar-refractivity contribution < 1.29 is 19.8 Å². The topological polar surface area (TPSA) is 90.4 Å². The van der Waals surface area contributed by atoms with Gasteiger partial charge in [-0.3, -0.25) is 9.59 Å². The van der Waals surface area contributed by atoms with Crippen molar-refractivity contribution in [1.29, 1.82) is 0 Å². The summed E-state index contributed by atoms with van der Waals surface area (Å²) >= 11 is 0. The summed E-state index contributed by atoms with van der Waals surface area (Å²) in [5.74, 6) is -1.95. The van der Waals surface area contributed by atoms with Gasteiger partial charge < -0.3 is 15.2 Å². The number of rotatable bonds is 4. The number of benzene rings is 1. The molecular formula is C12H11NO4. The molecule has 0 atom stereocenters. The van der Waals surface area contributed by atoms with Crippen LogP contribution in [-0.2, 0) is 22.4 Å². The third-order valence-corrected chi connectivity index (χ3v) is 2.56. The van der Waals surface area contributed by atoms with E-state index in [0.29, 0.717) is 11.3 Å². The summed E-state index contributed by atoms with van der Waals surface area (Å²) in [5.41, 5.74) is 1.77. The number of carboxylic acid groups (broad SMARTS) is 2. The third kappa shape index (κ3) is 2.28. The zero-order valence-electron chi connectivity index (χ0n) is 8.93. The lowest BCUT2D eigenvalue weighted by Gasteiger charge is -1.99. The fourth-order valence-corrected chi connectivity index (χ4v) is 1.91. The maximum atomic E-state index is 10.8. The largest absolute Gasteiger partial charge is 0.481 e. The van der Waals surface area contributed by atoms with Gasteiger partial charge in [-0.2, -0.15) is 0 Å². The molecule has 0 amide bonds. The summed E-state index contributed by atoms with van der Waals surface area (Å²) in [4.78, 5) is 24.5. The van der Waals surface area contributed by atoms with Gasteiger partial charge >= 0.3 is 11.9 Å². The third-order valence-electron chi connectivity index (χ3n) is 2.56. The van der Waals surface area contributed by atoms with E-state index in [1.54, 1.807) is 18.2 Å². The van der Waals surface area contributed by atoms with E-state index in [1.807, 2.05) is 6.07 Å². The maximum Gasteiger partial charge on any atom is 0.309 e. The van der Waals surface area contributed by atoms with Crippen molar-refractivity contribution in [2.75, 3.05) is 0 Å². The molecule has 2 aromatic rings. The average molecular weight is 233 g/mol. The Morgan fingerprint density at radius 2 is 1.71 bits per heavy atom. The van der Waals surface area contributed by atoms with Crippen LogP contribution in [0.5, 0.6) is 0 Å². The number of nitrogens with one attached hydrogen (secondary N) is 1. The highest BCUT2D eigenvalue weighted by molar-refractivity contribution is 5.89. The number of fused-ring (bicyclic) bond motifs is 1. The van der Waals surface area contributed by atoms with Crippen molar-refractivity contribution in [3.63, 3.8) is 0 Å². The molecule has 0 bridgehead atoms. The van der Waals surface area contributed by atoms with E-state index in [2.05, 4.69) is 4.98 Å². The monoisotopic (exact) mass is 233 g/mol.